The van der Waals surface area contributed by atoms with Crippen molar-refractivity contribution in [1.82, 2.24) is 0 Å². The molecule has 80 heavy (non-hydrogen) atoms. The summed E-state index contributed by atoms with van der Waals surface area (Å²) in [5.74, 6) is 0. The maximum absolute atomic E-state index is 2.51. The maximum atomic E-state index is 2.51. The van der Waals surface area contributed by atoms with E-state index in [1.54, 1.807) is 0 Å². The molecule has 0 bridgehead atoms. The van der Waals surface area contributed by atoms with Crippen molar-refractivity contribution in [3.8, 4) is 89.0 Å². The summed E-state index contributed by atoms with van der Waals surface area (Å²) in [6.07, 6.45) is 0. The van der Waals surface area contributed by atoms with E-state index in [4.69, 9.17) is 0 Å². The van der Waals surface area contributed by atoms with Crippen molar-refractivity contribution in [1.29, 1.82) is 0 Å². The Bertz CT molecular complexity index is 4450. The maximum Gasteiger partial charge on any atom is 0.0162 e. The Morgan fingerprint density at radius 3 is 0.675 bits per heavy atom. The van der Waals surface area contributed by atoms with Crippen molar-refractivity contribution < 1.29 is 0 Å². The molecule has 0 radical (unpaired) electrons. The molecular weight excluding hydrogens is 961 g/mol. The van der Waals surface area contributed by atoms with Gasteiger partial charge < -0.3 is 0 Å². The fraction of sp³-hybridized carbons (Fsp3) is 0.0750. The lowest BCUT2D eigenvalue weighted by Gasteiger charge is -2.31. The summed E-state index contributed by atoms with van der Waals surface area (Å²) in [6.45, 7) is 9.90. The van der Waals surface area contributed by atoms with Crippen LogP contribution in [0.1, 0.15) is 49.9 Å². The molecule has 0 atom stereocenters. The molecule has 0 unspecified atom stereocenters. The van der Waals surface area contributed by atoms with Crippen molar-refractivity contribution in [3.05, 3.63) is 289 Å². The van der Waals surface area contributed by atoms with E-state index in [0.717, 1.165) is 0 Å². The molecule has 2 aliphatic rings. The van der Waals surface area contributed by atoms with Gasteiger partial charge in [0.05, 0.1) is 0 Å². The Balaban J connectivity index is 0.771. The van der Waals surface area contributed by atoms with Gasteiger partial charge in [0.25, 0.3) is 0 Å². The summed E-state index contributed by atoms with van der Waals surface area (Å²) in [6, 6.07) is 100.0. The Hall–Kier alpha value is -9.62. The van der Waals surface area contributed by atoms with Crippen LogP contribution in [0.2, 0.25) is 0 Å². The second kappa shape index (κ2) is 17.4. The Labute approximate surface area is 467 Å². The number of benzene rings is 14. The van der Waals surface area contributed by atoms with E-state index in [2.05, 4.69) is 295 Å². The van der Waals surface area contributed by atoms with Crippen LogP contribution >= 0.6 is 0 Å². The van der Waals surface area contributed by atoms with Crippen LogP contribution < -0.4 is 0 Å². The van der Waals surface area contributed by atoms with Gasteiger partial charge in [-0.25, -0.2) is 0 Å². The van der Waals surface area contributed by atoms with Crippen molar-refractivity contribution in [2.75, 3.05) is 0 Å². The molecule has 0 spiro atoms. The average molecular weight is 1020 g/mol. The monoisotopic (exact) mass is 1020 g/mol. The summed E-state index contributed by atoms with van der Waals surface area (Å²) >= 11 is 0. The molecular formula is C80H56. The van der Waals surface area contributed by atoms with Crippen LogP contribution in [0.5, 0.6) is 0 Å². The number of hydrogen-bond donors (Lipinski definition) is 0. The van der Waals surface area contributed by atoms with Crippen molar-refractivity contribution in [3.63, 3.8) is 0 Å². The molecule has 14 aromatic rings. The molecule has 0 amide bonds. The van der Waals surface area contributed by atoms with Gasteiger partial charge in [-0.2, -0.15) is 0 Å². The molecule has 0 heterocycles. The molecule has 376 valence electrons. The standard InChI is InChI=1S/C80H56/c1-79(2)69-47-55(49-35-39-53(40-36-49)73-61-29-15-11-25-57(61)71(51-21-7-5-8-22-51)58-26-12-16-30-62(58)73)43-45-67(69)75-65-33-19-20-34-66(65)76-68-46-44-56(48-70(68)80(3,4)78(76)77(75)79)50-37-41-54(42-38-50)74-63-31-17-13-27-59(63)72(52-23-9-6-10-24-52)60-28-14-18-32-64(60)74/h5-48H,1-4H3. The second-order valence-corrected chi connectivity index (χ2v) is 23.4. The van der Waals surface area contributed by atoms with Gasteiger partial charge >= 0.3 is 0 Å². The van der Waals surface area contributed by atoms with Crippen LogP contribution in [-0.4, -0.2) is 0 Å². The first-order valence-corrected chi connectivity index (χ1v) is 28.3. The minimum atomic E-state index is -0.251. The van der Waals surface area contributed by atoms with Gasteiger partial charge in [-0.05, 0) is 177 Å². The van der Waals surface area contributed by atoms with Gasteiger partial charge in [0.15, 0.2) is 0 Å². The molecule has 0 fully saturated rings. The summed E-state index contributed by atoms with van der Waals surface area (Å²) in [7, 11) is 0. The van der Waals surface area contributed by atoms with E-state index in [1.807, 2.05) is 0 Å². The summed E-state index contributed by atoms with van der Waals surface area (Å²) in [5, 5.41) is 12.9. The Morgan fingerprint density at radius 1 is 0.188 bits per heavy atom. The highest BCUT2D eigenvalue weighted by atomic mass is 14.5. The smallest absolute Gasteiger partial charge is 0.0162 e. The molecule has 0 aromatic heterocycles. The van der Waals surface area contributed by atoms with Crippen molar-refractivity contribution in [2.24, 2.45) is 0 Å². The lowest BCUT2D eigenvalue weighted by Crippen LogP contribution is -2.24. The molecule has 0 heteroatoms. The van der Waals surface area contributed by atoms with E-state index in [9.17, 15) is 0 Å². The number of rotatable bonds is 6. The van der Waals surface area contributed by atoms with Gasteiger partial charge in [-0.15, -0.1) is 0 Å². The zero-order valence-electron chi connectivity index (χ0n) is 45.4. The highest BCUT2D eigenvalue weighted by molar-refractivity contribution is 6.23. The van der Waals surface area contributed by atoms with Gasteiger partial charge in [-0.1, -0.05) is 282 Å². The first kappa shape index (κ1) is 46.5. The zero-order valence-corrected chi connectivity index (χ0v) is 45.4. The van der Waals surface area contributed by atoms with E-state index < -0.39 is 0 Å². The lowest BCUT2D eigenvalue weighted by atomic mass is 9.71. The molecule has 0 nitrogen and oxygen atoms in total. The van der Waals surface area contributed by atoms with Gasteiger partial charge in [-0.3, -0.25) is 0 Å². The summed E-state index contributed by atoms with van der Waals surface area (Å²) in [5.41, 5.74) is 25.7. The average Bonchev–Trinajstić information content (AvgIpc) is 3.70. The highest BCUT2D eigenvalue weighted by Gasteiger charge is 2.47. The summed E-state index contributed by atoms with van der Waals surface area (Å²) in [4.78, 5) is 0. The Kier molecular flexibility index (Phi) is 10.1. The predicted octanol–water partition coefficient (Wildman–Crippen LogP) is 22.1. The van der Waals surface area contributed by atoms with E-state index >= 15 is 0 Å². The van der Waals surface area contributed by atoms with Gasteiger partial charge in [0, 0.05) is 10.8 Å². The third kappa shape index (κ3) is 6.69. The van der Waals surface area contributed by atoms with Crippen LogP contribution in [-0.2, 0) is 10.8 Å². The van der Waals surface area contributed by atoms with E-state index in [0.29, 0.717) is 0 Å². The normalized spacial score (nSPS) is 13.7. The quantitative estimate of drug-likeness (QED) is 0.146. The minimum absolute atomic E-state index is 0.251. The third-order valence-electron chi connectivity index (χ3n) is 18.4. The molecule has 0 N–H and O–H groups in total. The highest BCUT2D eigenvalue weighted by Crippen LogP contribution is 2.62. The predicted molar refractivity (Wildman–Crippen MR) is 342 cm³/mol. The van der Waals surface area contributed by atoms with Gasteiger partial charge in [0.2, 0.25) is 0 Å². The van der Waals surface area contributed by atoms with Gasteiger partial charge in [0.1, 0.15) is 0 Å². The first-order chi connectivity index (χ1) is 39.2. The second-order valence-electron chi connectivity index (χ2n) is 23.4. The van der Waals surface area contributed by atoms with Crippen LogP contribution in [0, 0.1) is 0 Å². The topological polar surface area (TPSA) is 0 Å². The minimum Gasteiger partial charge on any atom is -0.0622 e. The fourth-order valence-corrected chi connectivity index (χ4v) is 14.8. The third-order valence-corrected chi connectivity index (χ3v) is 18.4. The Morgan fingerprint density at radius 2 is 0.400 bits per heavy atom. The number of hydrogen-bond acceptors (Lipinski definition) is 0. The van der Waals surface area contributed by atoms with E-state index in [1.165, 1.54) is 165 Å². The van der Waals surface area contributed by atoms with Crippen LogP contribution in [0.25, 0.3) is 143 Å². The first-order valence-electron chi connectivity index (χ1n) is 28.3. The molecule has 0 saturated heterocycles. The largest absolute Gasteiger partial charge is 0.0622 e. The molecule has 0 saturated carbocycles. The fourth-order valence-electron chi connectivity index (χ4n) is 14.8. The molecule has 16 rings (SSSR count). The van der Waals surface area contributed by atoms with E-state index in [-0.39, 0.29) is 10.8 Å². The SMILES string of the molecule is CC1(C)c2cc(-c3ccc(-c4c5ccccc5c(-c5ccccc5)c5ccccc45)cc3)ccc2-c2c1c1c(c3ccccc23)-c2ccc(-c3ccc(-c4c5ccccc5c(-c5ccccc5)c5ccccc45)cc3)cc2C1(C)C. The summed E-state index contributed by atoms with van der Waals surface area (Å²) < 4.78 is 0. The molecule has 0 aliphatic heterocycles. The van der Waals surface area contributed by atoms with Crippen molar-refractivity contribution in [2.45, 2.75) is 38.5 Å². The van der Waals surface area contributed by atoms with Crippen LogP contribution in [0.4, 0.5) is 0 Å². The lowest BCUT2D eigenvalue weighted by molar-refractivity contribution is 0.602. The number of fused-ring (bicyclic) bond motifs is 14. The van der Waals surface area contributed by atoms with Crippen molar-refractivity contribution >= 4 is 53.9 Å². The van der Waals surface area contributed by atoms with Crippen LogP contribution in [0.15, 0.2) is 267 Å². The zero-order chi connectivity index (χ0) is 53.4. The molecule has 2 aliphatic carbocycles. The molecule has 14 aromatic carbocycles. The van der Waals surface area contributed by atoms with Crippen LogP contribution in [0.3, 0.4) is 0 Å².